The van der Waals surface area contributed by atoms with Crippen LogP contribution in [0.15, 0.2) is 200 Å². The van der Waals surface area contributed by atoms with Gasteiger partial charge in [0, 0.05) is 145 Å². The predicted octanol–water partition coefficient (Wildman–Crippen LogP) is 23.7. The van der Waals surface area contributed by atoms with Gasteiger partial charge in [-0.1, -0.05) is 140 Å². The van der Waals surface area contributed by atoms with Crippen LogP contribution in [0.3, 0.4) is 0 Å². The number of rotatable bonds is 29. The minimum absolute atomic E-state index is 0. The van der Waals surface area contributed by atoms with Crippen LogP contribution in [0, 0.1) is 29.1 Å². The van der Waals surface area contributed by atoms with E-state index in [1.807, 2.05) is 184 Å². The van der Waals surface area contributed by atoms with Gasteiger partial charge >= 0.3 is 63.6 Å². The molecule has 35 heteroatoms. The Labute approximate surface area is 916 Å². The number of nitrogens with one attached hydrogen (secondary N) is 1. The molecule has 0 bridgehead atoms. The second kappa shape index (κ2) is 68.4. The van der Waals surface area contributed by atoms with Crippen molar-refractivity contribution in [2.75, 3.05) is 119 Å². The molecule has 13 rings (SSSR count). The summed E-state index contributed by atoms with van der Waals surface area (Å²) < 4.78 is 74.2. The van der Waals surface area contributed by atoms with Crippen LogP contribution in [0.2, 0.25) is 39.3 Å². The van der Waals surface area contributed by atoms with Gasteiger partial charge < -0.3 is 96.2 Å². The van der Waals surface area contributed by atoms with Gasteiger partial charge in [0.25, 0.3) is 5.91 Å². The molecule has 0 aliphatic carbocycles. The van der Waals surface area contributed by atoms with E-state index in [1.54, 1.807) is 74.1 Å². The quantitative estimate of drug-likeness (QED) is 0.00845. The zero-order valence-corrected chi connectivity index (χ0v) is 99.5. The number of methoxy groups -OCH3 is 2. The number of amides is 3. The van der Waals surface area contributed by atoms with Gasteiger partial charge in [-0.2, -0.15) is 16.3 Å². The maximum absolute atomic E-state index is 12.7. The van der Waals surface area contributed by atoms with Gasteiger partial charge in [0.1, 0.15) is 67.1 Å². The first kappa shape index (κ1) is 130. The molecular weight excluding hydrogens is 2190 g/mol. The summed E-state index contributed by atoms with van der Waals surface area (Å²) in [7, 11) is 3.98. The fourth-order valence-electron chi connectivity index (χ4n) is 14.8. The van der Waals surface area contributed by atoms with Crippen LogP contribution in [-0.4, -0.2) is 212 Å². The van der Waals surface area contributed by atoms with Gasteiger partial charge in [-0.15, -0.1) is 0 Å². The van der Waals surface area contributed by atoms with Crippen LogP contribution in [-0.2, 0) is 58.7 Å². The van der Waals surface area contributed by atoms with E-state index in [0.29, 0.717) is 72.2 Å². The van der Waals surface area contributed by atoms with Crippen molar-refractivity contribution in [3.63, 3.8) is 0 Å². The molecule has 7 heterocycles. The molecule has 26 nitrogen and oxygen atoms in total. The number of hydrogen-bond donors (Lipinski definition) is 4. The molecule has 10 aromatic rings. The molecule has 6 aromatic carbocycles. The third kappa shape index (κ3) is 48.0. The second-order valence-corrected chi connectivity index (χ2v) is 53.1. The summed E-state index contributed by atoms with van der Waals surface area (Å²) in [6.07, 6.45) is 14.3. The van der Waals surface area contributed by atoms with E-state index in [4.69, 9.17) is 86.6 Å². The number of benzene rings is 6. The summed E-state index contributed by atoms with van der Waals surface area (Å²) in [6.45, 7) is 41.9. The molecule has 0 unspecified atom stereocenters. The van der Waals surface area contributed by atoms with Gasteiger partial charge in [-0.25, -0.2) is 14.7 Å². The number of phenolic OH excluding ortho intramolecular Hbond substituents is 1. The number of hydroxylamine groups is 2. The Kier molecular flexibility index (Phi) is 63.9. The van der Waals surface area contributed by atoms with Crippen LogP contribution < -0.4 is 66.8 Å². The van der Waals surface area contributed by atoms with E-state index in [0.717, 1.165) is 169 Å². The molecule has 3 fully saturated rings. The molecule has 3 aliphatic rings. The van der Waals surface area contributed by atoms with Gasteiger partial charge in [0.05, 0.1) is 77.7 Å². The Morgan fingerprint density at radius 3 is 1.40 bits per heavy atom. The second-order valence-electron chi connectivity index (χ2n) is 36.5. The first-order chi connectivity index (χ1) is 64.9. The van der Waals surface area contributed by atoms with E-state index in [9.17, 15) is 24.6 Å². The molecule has 3 aliphatic heterocycles. The van der Waals surface area contributed by atoms with Crippen molar-refractivity contribution in [3.8, 4) is 17.6 Å². The summed E-state index contributed by atoms with van der Waals surface area (Å²) in [6, 6.07) is 48.6. The van der Waals surface area contributed by atoms with Crippen LogP contribution >= 0.6 is 90.7 Å². The number of fused-ring (bicyclic) bond motifs is 4. The Hall–Kier alpha value is -5.10. The number of nitriles is 1. The third-order valence-electron chi connectivity index (χ3n) is 21.2. The average molecular weight is 2340 g/mol. The summed E-state index contributed by atoms with van der Waals surface area (Å²) in [5.74, 6) is 0.882. The summed E-state index contributed by atoms with van der Waals surface area (Å²) in [4.78, 5) is 44.9. The fourth-order valence-corrected chi connectivity index (χ4v) is 17.7. The van der Waals surface area contributed by atoms with E-state index < -0.39 is 37.9 Å². The number of carbonyl (C=O) groups excluding carboxylic acids is 3. The van der Waals surface area contributed by atoms with Crippen molar-refractivity contribution in [1.29, 1.82) is 5.26 Å². The number of hydrogen-bond acceptors (Lipinski definition) is 23. The van der Waals surface area contributed by atoms with E-state index in [2.05, 4.69) is 136 Å². The van der Waals surface area contributed by atoms with Gasteiger partial charge in [0.2, 0.25) is 0 Å². The first-order valence-electron chi connectivity index (χ1n) is 46.9. The average Bonchev–Trinajstić information content (AvgIpc) is 1.75. The Morgan fingerprint density at radius 2 is 0.986 bits per heavy atom. The van der Waals surface area contributed by atoms with Crippen molar-refractivity contribution in [2.24, 2.45) is 17.8 Å². The van der Waals surface area contributed by atoms with Crippen LogP contribution in [0.1, 0.15) is 164 Å². The number of halogens is 6. The Bertz CT molecular complexity index is 5070. The topological polar surface area (TPSA) is 332 Å². The third-order valence-corrected chi connectivity index (χ3v) is 26.0. The standard InChI is InChI=1S/C24H35NO5.C19H27NO3.C13H24N2O4.C12H17BrO3.C11H13BrOSi.C8H5BrO.C6H13BrO2.C6H5BrO.C3H9ClSi.C2H3N.K.H2O/c1-23(2,3)30-22(26)25-14-8-10-19(17-25)24(27,13-5-6-15-28-4)20-11-7-9-18-12-16-29-21(18)20;1-22-12-3-2-10-19(21,16-7-5-11-20-14-16)17-8-4-6-15-9-13-23-18(15)17;1-13(2,3)19-12(17)15-8-6-7-10(9-15)11(16)14(4)18-5;1-3-14-12(15-4-2)9-16-11-8-6-5-7-10(11)13;1-14(2,3)10-7-8-5-4-6-9(12)11(8)13-10;9-7-3-1-2-6-4-5-10-8(6)7;1-3-8-6(5-7)9-4-2;7-5-3-1-2-4-6(5)8;1-5(2,3)4;1-2-3;;/h7,9,11-12,16,19,27H,5-6,8,10,13-15,17H2,1-4H3;4,6,8-9,13,16,20-21H,2-3,5,7,10-12,14H2,1H3;10H,6-9H2,1-5H3;5-8,12H,3-4,9H2,1-2H3;4-7H,1-3H3;1-5H;6H,3-5H2,1-2H3;1-4,8H;1-3H3;1H3;;1H2/q;;;;;;;;;;+1;/p-1/t19-,24+;16-,19+;10-;;;;;;;;;/m111........./s1. The molecule has 5 atom stereocenters. The molecule has 5 N–H and O–H groups in total. The van der Waals surface area contributed by atoms with Crippen molar-refractivity contribution in [2.45, 2.75) is 227 Å². The molecule has 0 spiro atoms. The number of carbonyl (C=O) groups is 3. The van der Waals surface area contributed by atoms with Crippen molar-refractivity contribution in [3.05, 3.63) is 193 Å². The fraction of sp³-hybridized carbons (Fsp3) is 0.538. The normalized spacial score (nSPS) is 15.5. The number of nitrogens with zero attached hydrogens (tertiary/aromatic N) is 4. The predicted molar refractivity (Wildman–Crippen MR) is 575 cm³/mol. The van der Waals surface area contributed by atoms with Crippen molar-refractivity contribution < 1.29 is 152 Å². The van der Waals surface area contributed by atoms with Crippen molar-refractivity contribution >= 4 is 174 Å². The number of ether oxygens (including phenoxy) is 9. The minimum Gasteiger partial charge on any atom is -0.870 e. The zero-order valence-electron chi connectivity index (χ0n) is 85.6. The van der Waals surface area contributed by atoms with Gasteiger partial charge in [-0.05, 0) is 277 Å². The van der Waals surface area contributed by atoms with Crippen LogP contribution in [0.5, 0.6) is 11.5 Å². The molecular formula is C104H152Br5ClKN5O21Si2. The molecule has 0 radical (unpaired) electrons. The molecule has 4 aromatic heterocycles. The zero-order chi connectivity index (χ0) is 102. The Balaban J connectivity index is 0.000000546. The SMILES string of the molecule is Brc1cccc2ccoc12.CC#N.CCOC(CBr)OCC.CCOC(COc1ccccc1Br)OCC.COCCCC[C@@](O)(c1cccc2ccoc12)[C@@H]1CCCN(C(=O)OC(C)(C)C)C1.COCCCC[C@@](O)(c1cccc2ccoc12)[C@@H]1CCCNC1.CON(C)C(=O)[C@@H]1CCCN(C(=O)OC(C)(C)C)C1.C[Si](C)(C)Cl.C[Si](C)(C)c1cc2cccc(Br)c2o1.Oc1ccccc1Br.[K+].[OH-]. The maximum atomic E-state index is 12.7. The summed E-state index contributed by atoms with van der Waals surface area (Å²) in [5.41, 5.74) is 2.19. The smallest absolute Gasteiger partial charge is 0.870 e. The number of furan rings is 4. The molecule has 139 heavy (non-hydrogen) atoms. The number of para-hydroxylation sites is 6. The number of piperidine rings is 3. The number of unbranched alkanes of at least 4 members (excludes halogenated alkanes) is 2. The number of aromatic hydroxyl groups is 1. The number of likely N-dealkylation sites (tertiary alicyclic amines) is 2. The van der Waals surface area contributed by atoms with E-state index in [1.165, 1.54) is 29.9 Å². The van der Waals surface area contributed by atoms with E-state index >= 15 is 0 Å². The first-order valence-corrected chi connectivity index (χ1v) is 59.2. The molecule has 3 amide bonds. The van der Waals surface area contributed by atoms with E-state index in [-0.39, 0.29) is 111 Å². The summed E-state index contributed by atoms with van der Waals surface area (Å²) >= 11 is 22.4. The maximum Gasteiger partial charge on any atom is 1.00 e. The molecule has 0 saturated carbocycles. The largest absolute Gasteiger partial charge is 1.00 e. The van der Waals surface area contributed by atoms with Gasteiger partial charge in [0.15, 0.2) is 12.6 Å². The molecule has 3 saturated heterocycles. The monoisotopic (exact) mass is 2330 g/mol. The minimum atomic E-state index is -1.33. The van der Waals surface area contributed by atoms with Crippen molar-refractivity contribution in [1.82, 2.24) is 20.2 Å². The molecule has 770 valence electrons. The van der Waals surface area contributed by atoms with Crippen LogP contribution in [0.4, 0.5) is 9.59 Å². The summed E-state index contributed by atoms with van der Waals surface area (Å²) in [5, 5.41) is 50.9. The number of aliphatic hydroxyl groups is 2. The number of phenols is 1. The number of alkyl halides is 1. The Morgan fingerprint density at radius 1 is 0.568 bits per heavy atom. The van der Waals surface area contributed by atoms with Gasteiger partial charge in [-0.3, -0.25) is 9.63 Å². The van der Waals surface area contributed by atoms with Crippen LogP contribution in [0.25, 0.3) is 43.9 Å².